The molecule has 0 aliphatic carbocycles. The zero-order valence-electron chi connectivity index (χ0n) is 11.0. The number of nitrogen functional groups attached to an aromatic ring is 1. The maximum atomic E-state index is 12.2. The summed E-state index contributed by atoms with van der Waals surface area (Å²) in [6, 6.07) is 6.97. The number of rotatable bonds is 2. The second-order valence-electron chi connectivity index (χ2n) is 4.49. The van der Waals surface area contributed by atoms with Crippen LogP contribution < -0.4 is 20.5 Å². The molecule has 7 heteroatoms. The summed E-state index contributed by atoms with van der Waals surface area (Å²) in [4.78, 5) is 12.8. The lowest BCUT2D eigenvalue weighted by atomic mass is 10.2. The summed E-state index contributed by atoms with van der Waals surface area (Å²) in [5, 5.41) is 2.80. The molecule has 0 fully saturated rings. The molecule has 3 N–H and O–H groups in total. The van der Waals surface area contributed by atoms with Gasteiger partial charge in [-0.3, -0.25) is 4.79 Å². The molecule has 1 amide bonds. The highest BCUT2D eigenvalue weighted by atomic mass is 79.9. The minimum Gasteiger partial charge on any atom is -0.489 e. The van der Waals surface area contributed by atoms with Crippen molar-refractivity contribution in [2.45, 2.75) is 6.42 Å². The van der Waals surface area contributed by atoms with Gasteiger partial charge in [0.2, 0.25) is 0 Å². The zero-order chi connectivity index (χ0) is 14.8. The van der Waals surface area contributed by atoms with Crippen LogP contribution in [0.15, 0.2) is 28.1 Å². The van der Waals surface area contributed by atoms with Crippen LogP contribution in [-0.2, 0) is 0 Å². The number of carbonyl (C=O) groups is 1. The van der Waals surface area contributed by atoms with Crippen molar-refractivity contribution >= 4 is 44.5 Å². The van der Waals surface area contributed by atoms with E-state index >= 15 is 0 Å². The highest BCUT2D eigenvalue weighted by Crippen LogP contribution is 2.37. The number of carbonyl (C=O) groups excluding carboxylic acids is 1. The van der Waals surface area contributed by atoms with E-state index in [1.807, 2.05) is 6.07 Å². The van der Waals surface area contributed by atoms with Crippen molar-refractivity contribution in [2.75, 3.05) is 24.3 Å². The van der Waals surface area contributed by atoms with Crippen LogP contribution >= 0.6 is 27.3 Å². The Morgan fingerprint density at radius 2 is 1.95 bits per heavy atom. The molecule has 2 heterocycles. The zero-order valence-corrected chi connectivity index (χ0v) is 13.4. The Labute approximate surface area is 134 Å². The minimum absolute atomic E-state index is 0.202. The predicted octanol–water partition coefficient (Wildman–Crippen LogP) is 3.51. The summed E-state index contributed by atoms with van der Waals surface area (Å²) in [5.41, 5.74) is 6.94. The lowest BCUT2D eigenvalue weighted by molar-refractivity contribution is 0.103. The molecule has 1 aromatic heterocycles. The topological polar surface area (TPSA) is 73.6 Å². The van der Waals surface area contributed by atoms with Crippen molar-refractivity contribution in [3.8, 4) is 11.5 Å². The second-order valence-corrected chi connectivity index (χ2v) is 6.96. The fourth-order valence-corrected chi connectivity index (χ4v) is 3.23. The van der Waals surface area contributed by atoms with Gasteiger partial charge in [-0.05, 0) is 28.1 Å². The first-order valence-electron chi connectivity index (χ1n) is 6.39. The van der Waals surface area contributed by atoms with E-state index in [4.69, 9.17) is 15.2 Å². The van der Waals surface area contributed by atoms with Gasteiger partial charge in [0.15, 0.2) is 11.5 Å². The molecule has 0 saturated carbocycles. The molecule has 0 bridgehead atoms. The molecule has 3 rings (SSSR count). The Morgan fingerprint density at radius 1 is 1.24 bits per heavy atom. The van der Waals surface area contributed by atoms with Gasteiger partial charge in [0.05, 0.1) is 33.3 Å². The fraction of sp³-hybridized carbons (Fsp3) is 0.214. The molecule has 110 valence electrons. The van der Waals surface area contributed by atoms with Crippen molar-refractivity contribution in [1.29, 1.82) is 0 Å². The first-order valence-corrected chi connectivity index (χ1v) is 8.00. The van der Waals surface area contributed by atoms with E-state index in [0.29, 0.717) is 41.0 Å². The van der Waals surface area contributed by atoms with Gasteiger partial charge in [0.25, 0.3) is 5.91 Å². The summed E-state index contributed by atoms with van der Waals surface area (Å²) < 4.78 is 12.1. The van der Waals surface area contributed by atoms with Gasteiger partial charge in [-0.15, -0.1) is 11.3 Å². The van der Waals surface area contributed by atoms with Crippen LogP contribution in [0, 0.1) is 0 Å². The van der Waals surface area contributed by atoms with Crippen LogP contribution in [0.2, 0.25) is 0 Å². The quantitative estimate of drug-likeness (QED) is 0.795. The third kappa shape index (κ3) is 3.14. The number of anilines is 2. The maximum absolute atomic E-state index is 12.2. The molecule has 0 spiro atoms. The molecule has 0 saturated heterocycles. The highest BCUT2D eigenvalue weighted by molar-refractivity contribution is 9.11. The first kappa shape index (κ1) is 14.2. The van der Waals surface area contributed by atoms with Crippen LogP contribution in [0.1, 0.15) is 16.1 Å². The van der Waals surface area contributed by atoms with E-state index in [1.165, 1.54) is 11.3 Å². The normalized spacial score (nSPS) is 13.6. The molecule has 1 aliphatic heterocycles. The second kappa shape index (κ2) is 5.95. The van der Waals surface area contributed by atoms with Crippen LogP contribution in [0.3, 0.4) is 0 Å². The molecule has 0 radical (unpaired) electrons. The third-order valence-corrected chi connectivity index (χ3v) is 4.59. The number of hydrogen-bond acceptors (Lipinski definition) is 5. The highest BCUT2D eigenvalue weighted by Gasteiger charge is 2.16. The van der Waals surface area contributed by atoms with Gasteiger partial charge in [0.1, 0.15) is 0 Å². The van der Waals surface area contributed by atoms with Gasteiger partial charge < -0.3 is 20.5 Å². The third-order valence-electron chi connectivity index (χ3n) is 2.96. The lowest BCUT2D eigenvalue weighted by Gasteiger charge is -2.12. The summed E-state index contributed by atoms with van der Waals surface area (Å²) in [7, 11) is 0. The van der Waals surface area contributed by atoms with Crippen LogP contribution in [0.5, 0.6) is 11.5 Å². The molecule has 1 aliphatic rings. The Hall–Kier alpha value is -1.73. The Morgan fingerprint density at radius 3 is 2.62 bits per heavy atom. The summed E-state index contributed by atoms with van der Waals surface area (Å²) in [6.07, 6.45) is 0.819. The van der Waals surface area contributed by atoms with E-state index in [2.05, 4.69) is 21.2 Å². The number of nitrogens with two attached hydrogens (primary N) is 1. The molecule has 1 aromatic carbocycles. The number of halogens is 1. The van der Waals surface area contributed by atoms with Gasteiger partial charge >= 0.3 is 0 Å². The Bertz CT molecular complexity index is 687. The van der Waals surface area contributed by atoms with Crippen molar-refractivity contribution in [3.63, 3.8) is 0 Å². The molecule has 0 unspecified atom stereocenters. The fourth-order valence-electron chi connectivity index (χ4n) is 1.95. The number of benzene rings is 1. The van der Waals surface area contributed by atoms with Crippen LogP contribution in [0.4, 0.5) is 11.4 Å². The number of thiophene rings is 1. The molecule has 0 atom stereocenters. The van der Waals surface area contributed by atoms with Gasteiger partial charge in [-0.25, -0.2) is 0 Å². The molecular weight excluding hydrogens is 356 g/mol. The molecular formula is C14H13BrN2O3S. The number of nitrogens with one attached hydrogen (secondary N) is 1. The summed E-state index contributed by atoms with van der Waals surface area (Å²) >= 11 is 4.70. The van der Waals surface area contributed by atoms with Crippen LogP contribution in [-0.4, -0.2) is 19.1 Å². The lowest BCUT2D eigenvalue weighted by Crippen LogP contribution is -2.12. The largest absolute Gasteiger partial charge is 0.489 e. The molecule has 5 nitrogen and oxygen atoms in total. The van der Waals surface area contributed by atoms with Gasteiger partial charge in [-0.1, -0.05) is 0 Å². The van der Waals surface area contributed by atoms with Crippen molar-refractivity contribution in [1.82, 2.24) is 0 Å². The Balaban J connectivity index is 1.85. The van der Waals surface area contributed by atoms with E-state index in [9.17, 15) is 4.79 Å². The van der Waals surface area contributed by atoms with Gasteiger partial charge in [-0.2, -0.15) is 0 Å². The smallest absolute Gasteiger partial charge is 0.265 e. The monoisotopic (exact) mass is 368 g/mol. The number of fused-ring (bicyclic) bond motifs is 1. The summed E-state index contributed by atoms with van der Waals surface area (Å²) in [5.74, 6) is 1.01. The molecule has 2 aromatic rings. The maximum Gasteiger partial charge on any atom is 0.265 e. The average molecular weight is 369 g/mol. The van der Waals surface area contributed by atoms with E-state index in [-0.39, 0.29) is 5.91 Å². The van der Waals surface area contributed by atoms with Gasteiger partial charge in [0, 0.05) is 18.6 Å². The van der Waals surface area contributed by atoms with E-state index in [1.54, 1.807) is 18.2 Å². The number of ether oxygens (including phenoxy) is 2. The number of amides is 1. The van der Waals surface area contributed by atoms with E-state index < -0.39 is 0 Å². The Kier molecular flexibility index (Phi) is 4.03. The predicted molar refractivity (Wildman–Crippen MR) is 86.4 cm³/mol. The first-order chi connectivity index (χ1) is 10.1. The van der Waals surface area contributed by atoms with Crippen LogP contribution in [0.25, 0.3) is 0 Å². The van der Waals surface area contributed by atoms with E-state index in [0.717, 1.165) is 10.2 Å². The van der Waals surface area contributed by atoms with Crippen molar-refractivity contribution in [2.24, 2.45) is 0 Å². The molecule has 21 heavy (non-hydrogen) atoms. The van der Waals surface area contributed by atoms with Crippen molar-refractivity contribution < 1.29 is 14.3 Å². The standard InChI is InChI=1S/C14H13BrN2O3S/c15-13-3-2-12(21-13)14(18)17-9-7-11-10(6-8(9)16)19-4-1-5-20-11/h2-3,6-7H,1,4-5,16H2,(H,17,18). The van der Waals surface area contributed by atoms with Crippen molar-refractivity contribution in [3.05, 3.63) is 32.9 Å². The average Bonchev–Trinajstić information content (AvgIpc) is 2.76. The SMILES string of the molecule is Nc1cc2c(cc1NC(=O)c1ccc(Br)s1)OCCCO2. The number of hydrogen-bond donors (Lipinski definition) is 2. The minimum atomic E-state index is -0.202. The summed E-state index contributed by atoms with van der Waals surface area (Å²) in [6.45, 7) is 1.18.